The third kappa shape index (κ3) is 4.71. The summed E-state index contributed by atoms with van der Waals surface area (Å²) in [6.45, 7) is 0. The average molecular weight is 658 g/mol. The Labute approximate surface area is 292 Å². The molecule has 234 valence electrons. The Morgan fingerprint density at radius 2 is 0.880 bits per heavy atom. The minimum atomic E-state index is 0.651. The third-order valence-electron chi connectivity index (χ3n) is 9.34. The molecule has 5 heteroatoms. The van der Waals surface area contributed by atoms with Gasteiger partial charge in [0.05, 0.1) is 0 Å². The maximum Gasteiger partial charge on any atom is 0.165 e. The number of benzene rings is 7. The number of hydrogen-bond acceptors (Lipinski definition) is 5. The molecule has 10 rings (SSSR count). The van der Waals surface area contributed by atoms with Crippen molar-refractivity contribution in [2.45, 2.75) is 0 Å². The smallest absolute Gasteiger partial charge is 0.165 e. The first-order valence-corrected chi connectivity index (χ1v) is 17.4. The molecule has 0 atom stereocenters. The van der Waals surface area contributed by atoms with E-state index in [1.165, 1.54) is 21.0 Å². The summed E-state index contributed by atoms with van der Waals surface area (Å²) in [5, 5.41) is 4.60. The minimum absolute atomic E-state index is 0.651. The van der Waals surface area contributed by atoms with Gasteiger partial charge in [-0.25, -0.2) is 15.0 Å². The molecule has 0 aliphatic carbocycles. The van der Waals surface area contributed by atoms with Gasteiger partial charge in [0, 0.05) is 58.8 Å². The lowest BCUT2D eigenvalue weighted by molar-refractivity contribution is 0.670. The van der Waals surface area contributed by atoms with Gasteiger partial charge in [0.25, 0.3) is 0 Å². The molecule has 4 nitrogen and oxygen atoms in total. The van der Waals surface area contributed by atoms with E-state index in [9.17, 15) is 0 Å². The molecule has 0 radical (unpaired) electrons. The van der Waals surface area contributed by atoms with Gasteiger partial charge in [-0.3, -0.25) is 0 Å². The maximum absolute atomic E-state index is 6.63. The Hall–Kier alpha value is -6.43. The van der Waals surface area contributed by atoms with Crippen LogP contribution in [0.15, 0.2) is 168 Å². The van der Waals surface area contributed by atoms with Crippen LogP contribution in [0.2, 0.25) is 0 Å². The fourth-order valence-corrected chi connectivity index (χ4v) is 8.30. The maximum atomic E-state index is 6.63. The predicted molar refractivity (Wildman–Crippen MR) is 207 cm³/mol. The van der Waals surface area contributed by atoms with Crippen LogP contribution in [0.4, 0.5) is 0 Å². The molecule has 3 aromatic heterocycles. The van der Waals surface area contributed by atoms with Gasteiger partial charge < -0.3 is 4.42 Å². The average Bonchev–Trinajstić information content (AvgIpc) is 3.77. The van der Waals surface area contributed by atoms with Crippen LogP contribution in [0.5, 0.6) is 0 Å². The van der Waals surface area contributed by atoms with Crippen LogP contribution in [-0.2, 0) is 0 Å². The second kappa shape index (κ2) is 11.6. The van der Waals surface area contributed by atoms with E-state index in [-0.39, 0.29) is 0 Å². The van der Waals surface area contributed by atoms with Crippen molar-refractivity contribution in [2.75, 3.05) is 0 Å². The zero-order valence-electron chi connectivity index (χ0n) is 26.7. The molecule has 0 aliphatic rings. The molecule has 0 N–H and O–H groups in total. The lowest BCUT2D eigenvalue weighted by Gasteiger charge is -2.09. The Bertz CT molecular complexity index is 2800. The van der Waals surface area contributed by atoms with E-state index in [1.807, 2.05) is 66.7 Å². The Balaban J connectivity index is 1.23. The molecule has 10 aromatic rings. The fourth-order valence-electron chi connectivity index (χ4n) is 6.96. The molecular weight excluding hydrogens is 631 g/mol. The Morgan fingerprint density at radius 3 is 1.54 bits per heavy atom. The predicted octanol–water partition coefficient (Wildman–Crippen LogP) is 12.5. The van der Waals surface area contributed by atoms with Gasteiger partial charge in [-0.1, -0.05) is 140 Å². The summed E-state index contributed by atoms with van der Waals surface area (Å²) >= 11 is 1.78. The Kier molecular flexibility index (Phi) is 6.64. The van der Waals surface area contributed by atoms with Gasteiger partial charge in [0.1, 0.15) is 11.2 Å². The number of fused-ring (bicyclic) bond motifs is 6. The minimum Gasteiger partial charge on any atom is -0.455 e. The van der Waals surface area contributed by atoms with E-state index in [2.05, 4.69) is 97.1 Å². The highest BCUT2D eigenvalue weighted by atomic mass is 32.1. The standard InChI is InChI=1S/C45H27N3OS/c1-4-14-28(15-5-1)31-26-37-32-20-10-11-25-39(32)49-40(37)38(27-31)35-23-12-21-33-34-22-13-24-36(42(34)50-41(33)35)45-47-43(29-16-6-2-7-17-29)46-44(48-45)30-18-8-3-9-19-30/h1-27H. The van der Waals surface area contributed by atoms with Crippen LogP contribution in [0, 0.1) is 0 Å². The third-order valence-corrected chi connectivity index (χ3v) is 10.6. The summed E-state index contributed by atoms with van der Waals surface area (Å²) in [6.07, 6.45) is 0. The number of thiophene rings is 1. The number of nitrogens with zero attached hydrogens (tertiary/aromatic N) is 3. The summed E-state index contributed by atoms with van der Waals surface area (Å²) in [6, 6.07) is 56.7. The molecular formula is C45H27N3OS. The SMILES string of the molecule is c1ccc(-c2cc(-c3cccc4c3sc3c(-c5nc(-c6ccccc6)nc(-c6ccccc6)n5)cccc34)c3oc4ccccc4c3c2)cc1. The number of furan rings is 1. The van der Waals surface area contributed by atoms with Crippen molar-refractivity contribution in [3.8, 4) is 56.4 Å². The van der Waals surface area contributed by atoms with Gasteiger partial charge in [-0.2, -0.15) is 0 Å². The first kappa shape index (κ1) is 28.6. The lowest BCUT2D eigenvalue weighted by Crippen LogP contribution is -2.00. The number of aromatic nitrogens is 3. The molecule has 0 aliphatic heterocycles. The van der Waals surface area contributed by atoms with E-state index < -0.39 is 0 Å². The van der Waals surface area contributed by atoms with E-state index in [1.54, 1.807) is 11.3 Å². The van der Waals surface area contributed by atoms with Gasteiger partial charge in [0.2, 0.25) is 0 Å². The van der Waals surface area contributed by atoms with E-state index >= 15 is 0 Å². The number of hydrogen-bond donors (Lipinski definition) is 0. The van der Waals surface area contributed by atoms with Crippen molar-refractivity contribution in [3.05, 3.63) is 164 Å². The quantitative estimate of drug-likeness (QED) is 0.185. The first-order valence-electron chi connectivity index (χ1n) is 16.6. The second-order valence-corrected chi connectivity index (χ2v) is 13.4. The molecule has 50 heavy (non-hydrogen) atoms. The first-order chi connectivity index (χ1) is 24.8. The van der Waals surface area contributed by atoms with Crippen molar-refractivity contribution >= 4 is 53.4 Å². The molecule has 0 unspecified atom stereocenters. The lowest BCUT2D eigenvalue weighted by atomic mass is 9.95. The van der Waals surface area contributed by atoms with E-state index in [0.29, 0.717) is 17.5 Å². The van der Waals surface area contributed by atoms with Crippen LogP contribution in [-0.4, -0.2) is 15.0 Å². The van der Waals surface area contributed by atoms with Crippen molar-refractivity contribution in [1.29, 1.82) is 0 Å². The van der Waals surface area contributed by atoms with Gasteiger partial charge >= 0.3 is 0 Å². The molecule has 0 spiro atoms. The molecule has 3 heterocycles. The molecule has 0 saturated carbocycles. The monoisotopic (exact) mass is 657 g/mol. The highest BCUT2D eigenvalue weighted by molar-refractivity contribution is 7.26. The number of para-hydroxylation sites is 1. The summed E-state index contributed by atoms with van der Waals surface area (Å²) in [5.74, 6) is 1.96. The molecule has 7 aromatic carbocycles. The summed E-state index contributed by atoms with van der Waals surface area (Å²) < 4.78 is 8.97. The molecule has 0 fully saturated rings. The van der Waals surface area contributed by atoms with Gasteiger partial charge in [-0.15, -0.1) is 11.3 Å². The second-order valence-electron chi connectivity index (χ2n) is 12.4. The van der Waals surface area contributed by atoms with Crippen molar-refractivity contribution in [2.24, 2.45) is 0 Å². The molecule has 0 saturated heterocycles. The summed E-state index contributed by atoms with van der Waals surface area (Å²) in [7, 11) is 0. The van der Waals surface area contributed by atoms with Crippen LogP contribution in [0.25, 0.3) is 98.5 Å². The topological polar surface area (TPSA) is 51.8 Å². The zero-order valence-corrected chi connectivity index (χ0v) is 27.6. The molecule has 0 amide bonds. The number of rotatable bonds is 5. The van der Waals surface area contributed by atoms with Crippen LogP contribution >= 0.6 is 11.3 Å². The fraction of sp³-hybridized carbons (Fsp3) is 0. The van der Waals surface area contributed by atoms with E-state index in [0.717, 1.165) is 60.0 Å². The summed E-state index contributed by atoms with van der Waals surface area (Å²) in [5.41, 5.74) is 9.22. The normalized spacial score (nSPS) is 11.6. The van der Waals surface area contributed by atoms with Gasteiger partial charge in [-0.05, 0) is 35.4 Å². The Morgan fingerprint density at radius 1 is 0.360 bits per heavy atom. The zero-order chi connectivity index (χ0) is 33.0. The van der Waals surface area contributed by atoms with Crippen molar-refractivity contribution in [1.82, 2.24) is 15.0 Å². The van der Waals surface area contributed by atoms with Crippen molar-refractivity contribution in [3.63, 3.8) is 0 Å². The highest BCUT2D eigenvalue weighted by Crippen LogP contribution is 2.47. The van der Waals surface area contributed by atoms with Crippen molar-refractivity contribution < 1.29 is 4.42 Å². The van der Waals surface area contributed by atoms with E-state index in [4.69, 9.17) is 19.4 Å². The van der Waals surface area contributed by atoms with Gasteiger partial charge in [0.15, 0.2) is 17.5 Å². The summed E-state index contributed by atoms with van der Waals surface area (Å²) in [4.78, 5) is 15.1. The highest BCUT2D eigenvalue weighted by Gasteiger charge is 2.21. The van der Waals surface area contributed by atoms with Crippen LogP contribution < -0.4 is 0 Å². The largest absolute Gasteiger partial charge is 0.455 e. The van der Waals surface area contributed by atoms with Crippen LogP contribution in [0.1, 0.15) is 0 Å². The van der Waals surface area contributed by atoms with Crippen LogP contribution in [0.3, 0.4) is 0 Å². The molecule has 0 bridgehead atoms.